The molecule has 0 amide bonds. The molecule has 0 aliphatic heterocycles. The lowest BCUT2D eigenvalue weighted by atomic mass is 10.3. The normalized spacial score (nSPS) is 11.9. The molecule has 2 rings (SSSR count). The van der Waals surface area contributed by atoms with Gasteiger partial charge < -0.3 is 10.5 Å². The summed E-state index contributed by atoms with van der Waals surface area (Å²) in [5, 5.41) is 2.26. The molecule has 0 aliphatic rings. The number of hydrogen-bond donors (Lipinski definition) is 2. The maximum atomic E-state index is 12.5. The minimum atomic E-state index is -4.57. The molecule has 0 atom stereocenters. The van der Waals surface area contributed by atoms with Crippen LogP contribution in [-0.2, 0) is 17.5 Å². The third-order valence-corrected chi connectivity index (χ3v) is 2.93. The Kier molecular flexibility index (Phi) is 3.97. The van der Waals surface area contributed by atoms with Gasteiger partial charge in [-0.15, -0.1) is 0 Å². The van der Waals surface area contributed by atoms with Gasteiger partial charge in [0.15, 0.2) is 5.82 Å². The molecule has 0 fully saturated rings. The standard InChI is InChI=1S/C11H10ClF3N4O2/c1-21-4-7-8(16)10(20)19(18-7)9-6(12)2-5(3-17-9)11(13,14)15/h2-3,18H,4,16H2,1H3. The van der Waals surface area contributed by atoms with Crippen LogP contribution in [0.1, 0.15) is 11.3 Å². The Bertz CT molecular complexity index is 723. The van der Waals surface area contributed by atoms with Gasteiger partial charge in [-0.25, -0.2) is 4.98 Å². The monoisotopic (exact) mass is 322 g/mol. The molecule has 6 nitrogen and oxygen atoms in total. The average molecular weight is 323 g/mol. The number of nitrogens with two attached hydrogens (primary N) is 1. The molecule has 2 aromatic rings. The number of hydrogen-bond acceptors (Lipinski definition) is 4. The zero-order valence-electron chi connectivity index (χ0n) is 10.7. The molecule has 0 unspecified atom stereocenters. The molecule has 2 aromatic heterocycles. The number of methoxy groups -OCH3 is 1. The van der Waals surface area contributed by atoms with E-state index in [9.17, 15) is 18.0 Å². The van der Waals surface area contributed by atoms with E-state index in [2.05, 4.69) is 10.1 Å². The highest BCUT2D eigenvalue weighted by atomic mass is 35.5. The number of alkyl halides is 3. The molecule has 21 heavy (non-hydrogen) atoms. The molecule has 0 aliphatic carbocycles. The average Bonchev–Trinajstić information content (AvgIpc) is 2.66. The van der Waals surface area contributed by atoms with Gasteiger partial charge in [0.05, 0.1) is 22.9 Å². The summed E-state index contributed by atoms with van der Waals surface area (Å²) in [4.78, 5) is 15.5. The second-order valence-corrected chi connectivity index (χ2v) is 4.51. The van der Waals surface area contributed by atoms with Gasteiger partial charge in [-0.05, 0) is 6.07 Å². The molecule has 0 saturated heterocycles. The van der Waals surface area contributed by atoms with Gasteiger partial charge in [-0.1, -0.05) is 11.6 Å². The molecule has 2 heterocycles. The number of nitrogens with one attached hydrogen (secondary N) is 1. The van der Waals surface area contributed by atoms with E-state index in [0.29, 0.717) is 12.3 Å². The first-order valence-corrected chi connectivity index (χ1v) is 5.95. The third kappa shape index (κ3) is 2.88. The first-order valence-electron chi connectivity index (χ1n) is 5.57. The topological polar surface area (TPSA) is 85.9 Å². The molecule has 0 radical (unpaired) electrons. The number of H-pyrrole nitrogens is 1. The molecule has 114 valence electrons. The van der Waals surface area contributed by atoms with E-state index in [4.69, 9.17) is 22.1 Å². The van der Waals surface area contributed by atoms with Crippen molar-refractivity contribution in [2.24, 2.45) is 0 Å². The number of anilines is 1. The van der Waals surface area contributed by atoms with Crippen molar-refractivity contribution in [3.63, 3.8) is 0 Å². The summed E-state index contributed by atoms with van der Waals surface area (Å²) < 4.78 is 43.3. The number of nitrogen functional groups attached to an aromatic ring is 1. The van der Waals surface area contributed by atoms with E-state index in [0.717, 1.165) is 4.68 Å². The van der Waals surface area contributed by atoms with E-state index < -0.39 is 17.3 Å². The Morgan fingerprint density at radius 1 is 1.52 bits per heavy atom. The summed E-state index contributed by atoms with van der Waals surface area (Å²) >= 11 is 5.77. The Hall–Kier alpha value is -2.00. The van der Waals surface area contributed by atoms with E-state index >= 15 is 0 Å². The zero-order chi connectivity index (χ0) is 15.8. The van der Waals surface area contributed by atoms with E-state index in [1.807, 2.05) is 0 Å². The molecular weight excluding hydrogens is 313 g/mol. The van der Waals surface area contributed by atoms with Gasteiger partial charge >= 0.3 is 6.18 Å². The quantitative estimate of drug-likeness (QED) is 0.904. The number of halogens is 4. The van der Waals surface area contributed by atoms with Gasteiger partial charge in [-0.2, -0.15) is 17.9 Å². The van der Waals surface area contributed by atoms with Crippen molar-refractivity contribution < 1.29 is 17.9 Å². The lowest BCUT2D eigenvalue weighted by Gasteiger charge is -2.09. The van der Waals surface area contributed by atoms with Crippen molar-refractivity contribution in [1.29, 1.82) is 0 Å². The van der Waals surface area contributed by atoms with Crippen molar-refractivity contribution in [2.75, 3.05) is 12.8 Å². The van der Waals surface area contributed by atoms with Crippen LogP contribution >= 0.6 is 11.6 Å². The third-order valence-electron chi connectivity index (χ3n) is 2.65. The van der Waals surface area contributed by atoms with Crippen molar-refractivity contribution in [2.45, 2.75) is 12.8 Å². The van der Waals surface area contributed by atoms with Gasteiger partial charge in [0.1, 0.15) is 5.69 Å². The largest absolute Gasteiger partial charge is 0.417 e. The van der Waals surface area contributed by atoms with Crippen LogP contribution in [0.5, 0.6) is 0 Å². The van der Waals surface area contributed by atoms with Gasteiger partial charge in [0.2, 0.25) is 0 Å². The molecule has 0 bridgehead atoms. The van der Waals surface area contributed by atoms with Crippen LogP contribution < -0.4 is 11.3 Å². The summed E-state index contributed by atoms with van der Waals surface area (Å²) in [5.74, 6) is -0.177. The van der Waals surface area contributed by atoms with Crippen LogP contribution in [0, 0.1) is 0 Å². The fraction of sp³-hybridized carbons (Fsp3) is 0.273. The molecule has 0 aromatic carbocycles. The zero-order valence-corrected chi connectivity index (χ0v) is 11.4. The van der Waals surface area contributed by atoms with Crippen molar-refractivity contribution in [1.82, 2.24) is 14.8 Å². The van der Waals surface area contributed by atoms with Crippen LogP contribution in [0.2, 0.25) is 5.02 Å². The molecule has 0 saturated carbocycles. The Morgan fingerprint density at radius 2 is 2.19 bits per heavy atom. The number of aromatic amines is 1. The molecule has 3 N–H and O–H groups in total. The summed E-state index contributed by atoms with van der Waals surface area (Å²) in [6.45, 7) is 0.0341. The maximum Gasteiger partial charge on any atom is 0.417 e. The summed E-state index contributed by atoms with van der Waals surface area (Å²) in [6.07, 6.45) is -3.99. The number of aromatic nitrogens is 3. The van der Waals surface area contributed by atoms with Crippen LogP contribution in [0.4, 0.5) is 18.9 Å². The smallest absolute Gasteiger partial charge is 0.393 e. The predicted molar refractivity (Wildman–Crippen MR) is 69.3 cm³/mol. The number of ether oxygens (including phenoxy) is 1. The summed E-state index contributed by atoms with van der Waals surface area (Å²) in [5.41, 5.74) is 4.06. The van der Waals surface area contributed by atoms with E-state index in [1.165, 1.54) is 7.11 Å². The van der Waals surface area contributed by atoms with Crippen LogP contribution in [0.3, 0.4) is 0 Å². The predicted octanol–water partition coefficient (Wildman–Crippen LogP) is 1.96. The van der Waals surface area contributed by atoms with Crippen molar-refractivity contribution >= 4 is 17.3 Å². The second kappa shape index (κ2) is 5.41. The molecular formula is C11H10ClF3N4O2. The minimum absolute atomic E-state index is 0.0341. The summed E-state index contributed by atoms with van der Waals surface area (Å²) in [7, 11) is 1.40. The highest BCUT2D eigenvalue weighted by molar-refractivity contribution is 6.32. The summed E-state index contributed by atoms with van der Waals surface area (Å²) in [6, 6.07) is 0.684. The number of nitrogens with zero attached hydrogens (tertiary/aromatic N) is 2. The Morgan fingerprint density at radius 3 is 2.71 bits per heavy atom. The fourth-order valence-corrected chi connectivity index (χ4v) is 1.90. The second-order valence-electron chi connectivity index (χ2n) is 4.10. The maximum absolute atomic E-state index is 12.5. The minimum Gasteiger partial charge on any atom is -0.393 e. The first kappa shape index (κ1) is 15.4. The highest BCUT2D eigenvalue weighted by Crippen LogP contribution is 2.31. The highest BCUT2D eigenvalue weighted by Gasteiger charge is 2.32. The lowest BCUT2D eigenvalue weighted by Crippen LogP contribution is -2.18. The van der Waals surface area contributed by atoms with Gasteiger partial charge in [0.25, 0.3) is 5.56 Å². The number of rotatable bonds is 3. The SMILES string of the molecule is COCc1[nH]n(-c2ncc(C(F)(F)F)cc2Cl)c(=O)c1N. The van der Waals surface area contributed by atoms with Gasteiger partial charge in [0, 0.05) is 13.3 Å². The first-order chi connectivity index (χ1) is 9.75. The molecule has 10 heteroatoms. The fourth-order valence-electron chi connectivity index (χ4n) is 1.65. The van der Waals surface area contributed by atoms with Crippen LogP contribution in [-0.4, -0.2) is 21.9 Å². The number of pyridine rings is 1. The van der Waals surface area contributed by atoms with Crippen molar-refractivity contribution in [3.8, 4) is 5.82 Å². The lowest BCUT2D eigenvalue weighted by molar-refractivity contribution is -0.137. The van der Waals surface area contributed by atoms with Gasteiger partial charge in [-0.3, -0.25) is 9.89 Å². The molecule has 0 spiro atoms. The van der Waals surface area contributed by atoms with Crippen LogP contribution in [0.15, 0.2) is 17.1 Å². The van der Waals surface area contributed by atoms with E-state index in [1.54, 1.807) is 0 Å². The Labute approximate surface area is 121 Å². The van der Waals surface area contributed by atoms with E-state index in [-0.39, 0.29) is 28.8 Å². The van der Waals surface area contributed by atoms with Crippen LogP contribution in [0.25, 0.3) is 5.82 Å². The van der Waals surface area contributed by atoms with Crippen molar-refractivity contribution in [3.05, 3.63) is 38.9 Å². The Balaban J connectivity index is 2.53.